The van der Waals surface area contributed by atoms with Gasteiger partial charge in [0.05, 0.1) is 13.2 Å². The van der Waals surface area contributed by atoms with E-state index in [1.165, 1.54) is 12.2 Å². The Kier molecular flexibility index (Phi) is 7.98. The highest BCUT2D eigenvalue weighted by Gasteiger charge is 2.30. The van der Waals surface area contributed by atoms with Gasteiger partial charge in [-0.15, -0.1) is 0 Å². The molecule has 0 fully saturated rings. The van der Waals surface area contributed by atoms with Crippen LogP contribution in [0.2, 0.25) is 5.02 Å². The maximum atomic E-state index is 11.9. The number of hydrogen-bond acceptors (Lipinski definition) is 5. The minimum atomic E-state index is -1.50. The second kappa shape index (κ2) is 9.72. The molecule has 0 saturated heterocycles. The molecule has 0 bridgehead atoms. The lowest BCUT2D eigenvalue weighted by molar-refractivity contribution is -0.159. The molecule has 1 N–H and O–H groups in total. The summed E-state index contributed by atoms with van der Waals surface area (Å²) < 4.78 is 9.54. The summed E-state index contributed by atoms with van der Waals surface area (Å²) in [5.41, 5.74) is 1.63. The third kappa shape index (κ3) is 6.04. The fourth-order valence-electron chi connectivity index (χ4n) is 1.74. The summed E-state index contributed by atoms with van der Waals surface area (Å²) in [6.07, 6.45) is 2.72. The van der Waals surface area contributed by atoms with Crippen molar-refractivity contribution in [1.82, 2.24) is 5.32 Å². The van der Waals surface area contributed by atoms with Crippen molar-refractivity contribution in [1.29, 1.82) is 0 Å². The minimum absolute atomic E-state index is 0.0856. The summed E-state index contributed by atoms with van der Waals surface area (Å²) in [6, 6.07) is 3.82. The van der Waals surface area contributed by atoms with Gasteiger partial charge in [0.2, 0.25) is 11.9 Å². The van der Waals surface area contributed by atoms with Crippen LogP contribution in [0.25, 0.3) is 6.08 Å². The summed E-state index contributed by atoms with van der Waals surface area (Å²) >= 11 is 6.01. The molecule has 1 aromatic rings. The number of ether oxygens (including phenoxy) is 2. The highest BCUT2D eigenvalue weighted by Crippen LogP contribution is 2.17. The van der Waals surface area contributed by atoms with Crippen LogP contribution in [0, 0.1) is 6.92 Å². The molecule has 1 rings (SSSR count). The van der Waals surface area contributed by atoms with Gasteiger partial charge >= 0.3 is 11.9 Å². The van der Waals surface area contributed by atoms with Crippen molar-refractivity contribution < 1.29 is 23.9 Å². The van der Waals surface area contributed by atoms with E-state index in [-0.39, 0.29) is 13.2 Å². The van der Waals surface area contributed by atoms with Crippen LogP contribution in [0.3, 0.4) is 0 Å². The van der Waals surface area contributed by atoms with Crippen molar-refractivity contribution in [2.45, 2.75) is 26.8 Å². The van der Waals surface area contributed by atoms with Gasteiger partial charge in [-0.3, -0.25) is 4.79 Å². The lowest BCUT2D eigenvalue weighted by Gasteiger charge is -2.14. The van der Waals surface area contributed by atoms with Gasteiger partial charge in [-0.25, -0.2) is 9.59 Å². The second-order valence-electron chi connectivity index (χ2n) is 4.79. The maximum absolute atomic E-state index is 11.9. The molecule has 0 saturated carbocycles. The summed E-state index contributed by atoms with van der Waals surface area (Å²) in [7, 11) is 0. The number of carbonyl (C=O) groups is 3. The average molecular weight is 354 g/mol. The van der Waals surface area contributed by atoms with E-state index in [0.717, 1.165) is 5.56 Å². The Morgan fingerprint density at radius 3 is 2.25 bits per heavy atom. The molecule has 6 nitrogen and oxygen atoms in total. The zero-order valence-corrected chi connectivity index (χ0v) is 14.6. The van der Waals surface area contributed by atoms with E-state index in [0.29, 0.717) is 10.6 Å². The highest BCUT2D eigenvalue weighted by atomic mass is 35.5. The molecule has 1 amide bonds. The quantitative estimate of drug-likeness (QED) is 0.462. The van der Waals surface area contributed by atoms with Gasteiger partial charge in [-0.2, -0.15) is 0 Å². The zero-order chi connectivity index (χ0) is 18.1. The van der Waals surface area contributed by atoms with Crippen molar-refractivity contribution in [3.05, 3.63) is 40.4 Å². The lowest BCUT2D eigenvalue weighted by Crippen LogP contribution is -2.47. The Hall–Kier alpha value is -2.34. The first kappa shape index (κ1) is 19.7. The van der Waals surface area contributed by atoms with Crippen LogP contribution in [0.1, 0.15) is 25.0 Å². The zero-order valence-electron chi connectivity index (χ0n) is 13.8. The van der Waals surface area contributed by atoms with Crippen LogP contribution < -0.4 is 5.32 Å². The Bertz CT molecular complexity index is 624. The van der Waals surface area contributed by atoms with Gasteiger partial charge in [0.1, 0.15) is 0 Å². The van der Waals surface area contributed by atoms with Crippen molar-refractivity contribution in [3.8, 4) is 0 Å². The van der Waals surface area contributed by atoms with E-state index >= 15 is 0 Å². The molecule has 0 unspecified atom stereocenters. The van der Waals surface area contributed by atoms with E-state index in [1.807, 2.05) is 13.0 Å². The number of aryl methyl sites for hydroxylation is 1. The van der Waals surface area contributed by atoms with Gasteiger partial charge in [-0.1, -0.05) is 23.7 Å². The normalized spacial score (nSPS) is 10.7. The van der Waals surface area contributed by atoms with E-state index in [9.17, 15) is 14.4 Å². The fraction of sp³-hybridized carbons (Fsp3) is 0.353. The van der Waals surface area contributed by atoms with Crippen molar-refractivity contribution in [3.63, 3.8) is 0 Å². The number of halogens is 1. The van der Waals surface area contributed by atoms with E-state index in [1.54, 1.807) is 26.0 Å². The van der Waals surface area contributed by atoms with Crippen LogP contribution in [0.15, 0.2) is 24.3 Å². The maximum Gasteiger partial charge on any atom is 0.340 e. The fourth-order valence-corrected chi connectivity index (χ4v) is 1.93. The molecule has 0 atom stereocenters. The van der Waals surface area contributed by atoms with Crippen LogP contribution in [0.4, 0.5) is 0 Å². The average Bonchev–Trinajstić information content (AvgIpc) is 2.54. The van der Waals surface area contributed by atoms with E-state index in [2.05, 4.69) is 5.32 Å². The molecule has 0 aromatic heterocycles. The molecule has 7 heteroatoms. The molecule has 0 aliphatic heterocycles. The van der Waals surface area contributed by atoms with Crippen molar-refractivity contribution in [2.75, 3.05) is 13.2 Å². The van der Waals surface area contributed by atoms with E-state index < -0.39 is 23.9 Å². The molecule has 0 radical (unpaired) electrons. The standard InChI is InChI=1S/C17H20ClNO5/c1-4-23-16(21)15(17(22)24-5-2)19-14(20)9-8-12-7-6-11(3)13(18)10-12/h6-10,15H,4-5H2,1-3H3,(H,19,20). The van der Waals surface area contributed by atoms with Crippen LogP contribution in [-0.4, -0.2) is 37.1 Å². The van der Waals surface area contributed by atoms with Crippen LogP contribution in [0.5, 0.6) is 0 Å². The van der Waals surface area contributed by atoms with Gasteiger partial charge < -0.3 is 14.8 Å². The molecule has 0 heterocycles. The van der Waals surface area contributed by atoms with Crippen LogP contribution in [-0.2, 0) is 23.9 Å². The molecule has 1 aromatic carbocycles. The van der Waals surface area contributed by atoms with Crippen molar-refractivity contribution in [2.24, 2.45) is 0 Å². The highest BCUT2D eigenvalue weighted by molar-refractivity contribution is 6.31. The molecule has 24 heavy (non-hydrogen) atoms. The Morgan fingerprint density at radius 2 is 1.75 bits per heavy atom. The predicted molar refractivity (Wildman–Crippen MR) is 90.4 cm³/mol. The number of carbonyl (C=O) groups excluding carboxylic acids is 3. The Labute approximate surface area is 145 Å². The monoisotopic (exact) mass is 353 g/mol. The number of rotatable bonds is 7. The third-order valence-corrected chi connectivity index (χ3v) is 3.36. The van der Waals surface area contributed by atoms with Gasteiger partial charge in [0, 0.05) is 11.1 Å². The lowest BCUT2D eigenvalue weighted by atomic mass is 10.1. The summed E-state index contributed by atoms with van der Waals surface area (Å²) in [5.74, 6) is -2.36. The van der Waals surface area contributed by atoms with E-state index in [4.69, 9.17) is 21.1 Å². The van der Waals surface area contributed by atoms with Crippen molar-refractivity contribution >= 4 is 35.5 Å². The minimum Gasteiger partial charge on any atom is -0.464 e. The Balaban J connectivity index is 2.79. The second-order valence-corrected chi connectivity index (χ2v) is 5.19. The van der Waals surface area contributed by atoms with Gasteiger partial charge in [0.15, 0.2) is 0 Å². The first-order valence-corrected chi connectivity index (χ1v) is 7.84. The number of hydrogen-bond donors (Lipinski definition) is 1. The first-order valence-electron chi connectivity index (χ1n) is 7.47. The third-order valence-electron chi connectivity index (χ3n) is 2.95. The number of nitrogens with one attached hydrogen (secondary N) is 1. The predicted octanol–water partition coefficient (Wildman–Crippen LogP) is 2.27. The first-order chi connectivity index (χ1) is 11.4. The van der Waals surface area contributed by atoms with Gasteiger partial charge in [-0.05, 0) is 44.0 Å². The molecular formula is C17H20ClNO5. The summed E-state index contributed by atoms with van der Waals surface area (Å²) in [5, 5.41) is 2.85. The topological polar surface area (TPSA) is 81.7 Å². The number of benzene rings is 1. The molecule has 0 aliphatic rings. The van der Waals surface area contributed by atoms with Gasteiger partial charge in [0.25, 0.3) is 0 Å². The molecule has 0 spiro atoms. The molecular weight excluding hydrogens is 334 g/mol. The Morgan fingerprint density at radius 1 is 1.17 bits per heavy atom. The number of amides is 1. The summed E-state index contributed by atoms with van der Waals surface area (Å²) in [4.78, 5) is 35.5. The smallest absolute Gasteiger partial charge is 0.340 e. The largest absolute Gasteiger partial charge is 0.464 e. The summed E-state index contributed by atoms with van der Waals surface area (Å²) in [6.45, 7) is 5.24. The number of esters is 2. The molecule has 0 aliphatic carbocycles. The molecule has 130 valence electrons. The SMILES string of the molecule is CCOC(=O)C(NC(=O)C=Cc1ccc(C)c(Cl)c1)C(=O)OCC. The van der Waals surface area contributed by atoms with Crippen LogP contribution >= 0.6 is 11.6 Å².